The van der Waals surface area contributed by atoms with Gasteiger partial charge in [0.15, 0.2) is 0 Å². The fraction of sp³-hybridized carbons (Fsp3) is 0.500. The molecule has 19 heavy (non-hydrogen) atoms. The smallest absolute Gasteiger partial charge is 0.245 e. The van der Waals surface area contributed by atoms with Crippen molar-refractivity contribution in [2.75, 3.05) is 18.6 Å². The highest BCUT2D eigenvalue weighted by Crippen LogP contribution is 2.31. The van der Waals surface area contributed by atoms with Gasteiger partial charge in [-0.3, -0.25) is 5.84 Å². The number of aliphatic hydroxyl groups excluding tert-OH is 1. The van der Waals surface area contributed by atoms with E-state index in [1.165, 1.54) is 10.4 Å². The van der Waals surface area contributed by atoms with Gasteiger partial charge in [0.25, 0.3) is 0 Å². The molecule has 106 valence electrons. The second-order valence-corrected chi connectivity index (χ2v) is 6.42. The molecule has 1 saturated carbocycles. The normalized spacial score (nSPS) is 16.4. The van der Waals surface area contributed by atoms with E-state index in [4.69, 9.17) is 10.9 Å². The van der Waals surface area contributed by atoms with Gasteiger partial charge in [-0.2, -0.15) is 4.31 Å². The highest BCUT2D eigenvalue weighted by Gasteiger charge is 2.35. The van der Waals surface area contributed by atoms with Gasteiger partial charge in [-0.15, -0.1) is 0 Å². The Morgan fingerprint density at radius 1 is 1.37 bits per heavy atom. The maximum absolute atomic E-state index is 12.7. The topological polar surface area (TPSA) is 95.7 Å². The summed E-state index contributed by atoms with van der Waals surface area (Å²) in [6.45, 7) is -0.0696. The van der Waals surface area contributed by atoms with Crippen LogP contribution in [0, 0.1) is 0 Å². The number of nitrogens with zero attached hydrogens (tertiary/aromatic N) is 1. The van der Waals surface area contributed by atoms with Crippen LogP contribution >= 0.6 is 0 Å². The number of aliphatic hydroxyl groups is 1. The van der Waals surface area contributed by atoms with Crippen LogP contribution in [-0.2, 0) is 10.0 Å². The molecular formula is C12H19N3O3S. The summed E-state index contributed by atoms with van der Waals surface area (Å²) < 4.78 is 26.7. The lowest BCUT2D eigenvalue weighted by atomic mass is 9.93. The van der Waals surface area contributed by atoms with Crippen LogP contribution in [0.2, 0.25) is 0 Å². The molecule has 0 unspecified atom stereocenters. The van der Waals surface area contributed by atoms with Crippen LogP contribution in [0.3, 0.4) is 0 Å². The van der Waals surface area contributed by atoms with Gasteiger partial charge in [-0.25, -0.2) is 8.42 Å². The summed E-state index contributed by atoms with van der Waals surface area (Å²) >= 11 is 0. The Hall–Kier alpha value is -1.15. The van der Waals surface area contributed by atoms with Gasteiger partial charge in [0.1, 0.15) is 4.90 Å². The van der Waals surface area contributed by atoms with Crippen LogP contribution in [0.4, 0.5) is 5.69 Å². The van der Waals surface area contributed by atoms with Crippen molar-refractivity contribution in [1.29, 1.82) is 0 Å². The molecule has 0 bridgehead atoms. The number of hydrogen-bond acceptors (Lipinski definition) is 5. The minimum absolute atomic E-state index is 0.0111. The molecule has 1 aromatic carbocycles. The maximum Gasteiger partial charge on any atom is 0.245 e. The van der Waals surface area contributed by atoms with Crippen LogP contribution in [0.1, 0.15) is 19.3 Å². The molecule has 1 fully saturated rings. The summed E-state index contributed by atoms with van der Waals surface area (Å²) in [4.78, 5) is 0.151. The maximum atomic E-state index is 12.7. The third kappa shape index (κ3) is 2.74. The molecule has 4 N–H and O–H groups in total. The number of para-hydroxylation sites is 1. The largest absolute Gasteiger partial charge is 0.395 e. The van der Waals surface area contributed by atoms with Crippen LogP contribution < -0.4 is 11.3 Å². The molecule has 0 heterocycles. The lowest BCUT2D eigenvalue weighted by Crippen LogP contribution is -2.45. The van der Waals surface area contributed by atoms with Gasteiger partial charge in [0.05, 0.1) is 12.3 Å². The van der Waals surface area contributed by atoms with Crippen molar-refractivity contribution >= 4 is 15.7 Å². The lowest BCUT2D eigenvalue weighted by Gasteiger charge is -2.36. The number of nitrogen functional groups attached to an aromatic ring is 1. The Kier molecular flexibility index (Phi) is 4.41. The van der Waals surface area contributed by atoms with Crippen molar-refractivity contribution in [2.24, 2.45) is 5.84 Å². The first-order valence-corrected chi connectivity index (χ1v) is 7.73. The number of hydrogen-bond donors (Lipinski definition) is 3. The monoisotopic (exact) mass is 285 g/mol. The van der Waals surface area contributed by atoms with Gasteiger partial charge in [-0.05, 0) is 25.0 Å². The van der Waals surface area contributed by atoms with E-state index in [1.807, 2.05) is 0 Å². The summed E-state index contributed by atoms with van der Waals surface area (Å²) in [7, 11) is -3.64. The Morgan fingerprint density at radius 2 is 2.05 bits per heavy atom. The van der Waals surface area contributed by atoms with Crippen molar-refractivity contribution in [1.82, 2.24) is 4.31 Å². The van der Waals surface area contributed by atoms with E-state index in [-0.39, 0.29) is 24.1 Å². The summed E-state index contributed by atoms with van der Waals surface area (Å²) in [5.74, 6) is 5.36. The first-order valence-electron chi connectivity index (χ1n) is 6.29. The molecule has 0 saturated heterocycles. The Bertz CT molecular complexity index is 529. The van der Waals surface area contributed by atoms with E-state index in [0.29, 0.717) is 5.69 Å². The number of hydrazine groups is 1. The standard InChI is InChI=1S/C12H19N3O3S/c13-14-11-6-1-2-7-12(11)19(17,18)15(8-9-16)10-4-3-5-10/h1-2,6-7,10,14,16H,3-5,8-9,13H2. The second-order valence-electron chi connectivity index (χ2n) is 4.56. The van der Waals surface area contributed by atoms with E-state index in [2.05, 4.69) is 5.43 Å². The molecule has 1 aromatic rings. The molecule has 6 nitrogen and oxygen atoms in total. The summed E-state index contributed by atoms with van der Waals surface area (Å²) in [5, 5.41) is 9.10. The van der Waals surface area contributed by atoms with Gasteiger partial charge >= 0.3 is 0 Å². The molecule has 0 amide bonds. The Labute approximate surface area is 113 Å². The molecular weight excluding hydrogens is 266 g/mol. The van der Waals surface area contributed by atoms with Gasteiger partial charge in [-0.1, -0.05) is 18.6 Å². The molecule has 0 radical (unpaired) electrons. The van der Waals surface area contributed by atoms with E-state index in [0.717, 1.165) is 19.3 Å². The highest BCUT2D eigenvalue weighted by molar-refractivity contribution is 7.89. The number of nitrogens with two attached hydrogens (primary N) is 1. The fourth-order valence-electron chi connectivity index (χ4n) is 2.21. The Morgan fingerprint density at radius 3 is 2.58 bits per heavy atom. The number of anilines is 1. The number of sulfonamides is 1. The van der Waals surface area contributed by atoms with Crippen molar-refractivity contribution < 1.29 is 13.5 Å². The molecule has 1 aliphatic rings. The second kappa shape index (κ2) is 5.87. The van der Waals surface area contributed by atoms with E-state index < -0.39 is 10.0 Å². The molecule has 1 aliphatic carbocycles. The Balaban J connectivity index is 2.38. The third-order valence-electron chi connectivity index (χ3n) is 3.43. The molecule has 2 rings (SSSR count). The third-order valence-corrected chi connectivity index (χ3v) is 5.44. The predicted molar refractivity (Wildman–Crippen MR) is 72.9 cm³/mol. The molecule has 0 spiro atoms. The van der Waals surface area contributed by atoms with Crippen molar-refractivity contribution in [3.05, 3.63) is 24.3 Å². The predicted octanol–water partition coefficient (Wildman–Crippen LogP) is 0.508. The van der Waals surface area contributed by atoms with Gasteiger partial charge in [0, 0.05) is 12.6 Å². The highest BCUT2D eigenvalue weighted by atomic mass is 32.2. The zero-order valence-corrected chi connectivity index (χ0v) is 11.4. The number of rotatable bonds is 6. The van der Waals surface area contributed by atoms with Crippen LogP contribution in [0.15, 0.2) is 29.2 Å². The van der Waals surface area contributed by atoms with E-state index >= 15 is 0 Å². The van der Waals surface area contributed by atoms with Gasteiger partial charge in [0.2, 0.25) is 10.0 Å². The zero-order chi connectivity index (χ0) is 13.9. The average molecular weight is 285 g/mol. The fourth-order valence-corrected chi connectivity index (χ4v) is 4.04. The van der Waals surface area contributed by atoms with Crippen molar-refractivity contribution in [3.63, 3.8) is 0 Å². The first kappa shape index (κ1) is 14.3. The SMILES string of the molecule is NNc1ccccc1S(=O)(=O)N(CCO)C1CCC1. The minimum Gasteiger partial charge on any atom is -0.395 e. The van der Waals surface area contributed by atoms with Crippen LogP contribution in [-0.4, -0.2) is 37.0 Å². The molecule has 0 aliphatic heterocycles. The number of nitrogens with one attached hydrogen (secondary N) is 1. The van der Waals surface area contributed by atoms with Crippen molar-refractivity contribution in [2.45, 2.75) is 30.2 Å². The quantitative estimate of drug-likeness (QED) is 0.523. The minimum atomic E-state index is -3.64. The van der Waals surface area contributed by atoms with Crippen LogP contribution in [0.25, 0.3) is 0 Å². The lowest BCUT2D eigenvalue weighted by molar-refractivity contribution is 0.178. The molecule has 7 heteroatoms. The van der Waals surface area contributed by atoms with Gasteiger partial charge < -0.3 is 10.5 Å². The summed E-state index contributed by atoms with van der Waals surface area (Å²) in [6, 6.07) is 6.50. The summed E-state index contributed by atoms with van der Waals surface area (Å²) in [5.41, 5.74) is 2.77. The van der Waals surface area contributed by atoms with Crippen LogP contribution in [0.5, 0.6) is 0 Å². The van der Waals surface area contributed by atoms with E-state index in [1.54, 1.807) is 18.2 Å². The summed E-state index contributed by atoms with van der Waals surface area (Å²) in [6.07, 6.45) is 2.72. The first-order chi connectivity index (χ1) is 9.11. The number of benzene rings is 1. The average Bonchev–Trinajstić information content (AvgIpc) is 2.36. The molecule has 0 atom stereocenters. The van der Waals surface area contributed by atoms with E-state index in [9.17, 15) is 8.42 Å². The van der Waals surface area contributed by atoms with Crippen molar-refractivity contribution in [3.8, 4) is 0 Å². The molecule has 0 aromatic heterocycles. The zero-order valence-electron chi connectivity index (χ0n) is 10.6.